The van der Waals surface area contributed by atoms with Crippen LogP contribution in [-0.4, -0.2) is 44.4 Å². The van der Waals surface area contributed by atoms with Crippen LogP contribution in [0.15, 0.2) is 18.2 Å². The van der Waals surface area contributed by atoms with Gasteiger partial charge in [0.2, 0.25) is 0 Å². The minimum atomic E-state index is 0.575. The van der Waals surface area contributed by atoms with Crippen LogP contribution in [-0.2, 0) is 4.74 Å². The molecule has 2 rings (SSSR count). The molecule has 1 saturated heterocycles. The third-order valence-electron chi connectivity index (χ3n) is 3.37. The number of ether oxygens (including phenoxy) is 2. The second kappa shape index (κ2) is 8.73. The van der Waals surface area contributed by atoms with Crippen LogP contribution in [0.2, 0.25) is 10.0 Å². The van der Waals surface area contributed by atoms with Crippen LogP contribution in [0, 0.1) is 0 Å². The van der Waals surface area contributed by atoms with Gasteiger partial charge in [-0.1, -0.05) is 23.2 Å². The Balaban J connectivity index is 1.55. The van der Waals surface area contributed by atoms with Gasteiger partial charge in [-0.15, -0.1) is 0 Å². The molecular weight excluding hydrogens is 297 g/mol. The van der Waals surface area contributed by atoms with Gasteiger partial charge in [0.15, 0.2) is 0 Å². The van der Waals surface area contributed by atoms with Crippen molar-refractivity contribution in [2.24, 2.45) is 0 Å². The summed E-state index contributed by atoms with van der Waals surface area (Å²) in [7, 11) is 0. The van der Waals surface area contributed by atoms with E-state index in [-0.39, 0.29) is 0 Å². The zero-order chi connectivity index (χ0) is 14.2. The van der Waals surface area contributed by atoms with E-state index in [1.54, 1.807) is 12.1 Å². The predicted octanol–water partition coefficient (Wildman–Crippen LogP) is 3.87. The second-order valence-electron chi connectivity index (χ2n) is 4.94. The molecule has 1 heterocycles. The lowest BCUT2D eigenvalue weighted by atomic mass is 10.2. The first-order valence-electron chi connectivity index (χ1n) is 7.13. The standard InChI is InChI=1S/C15H21Cl2NO2/c16-13-4-5-15(14(17)12-13)20-9-3-1-2-6-18-7-10-19-11-8-18/h4-5,12H,1-3,6-11H2. The Hall–Kier alpha value is -0.480. The average Bonchev–Trinajstić information content (AvgIpc) is 2.46. The summed E-state index contributed by atoms with van der Waals surface area (Å²) in [4.78, 5) is 2.46. The fourth-order valence-electron chi connectivity index (χ4n) is 2.21. The Kier molecular flexibility index (Phi) is 6.94. The largest absolute Gasteiger partial charge is 0.492 e. The molecule has 0 radical (unpaired) electrons. The summed E-state index contributed by atoms with van der Waals surface area (Å²) in [5.41, 5.74) is 0. The maximum atomic E-state index is 6.04. The molecule has 1 aromatic rings. The molecule has 20 heavy (non-hydrogen) atoms. The molecule has 112 valence electrons. The van der Waals surface area contributed by atoms with Crippen molar-refractivity contribution in [3.63, 3.8) is 0 Å². The highest BCUT2D eigenvalue weighted by Crippen LogP contribution is 2.27. The molecule has 0 spiro atoms. The van der Waals surface area contributed by atoms with E-state index in [0.717, 1.165) is 39.3 Å². The highest BCUT2D eigenvalue weighted by Gasteiger charge is 2.09. The number of hydrogen-bond donors (Lipinski definition) is 0. The number of halogens is 2. The summed E-state index contributed by atoms with van der Waals surface area (Å²) in [6, 6.07) is 5.32. The number of morpholine rings is 1. The first kappa shape index (κ1) is 15.9. The SMILES string of the molecule is Clc1ccc(OCCCCCN2CCOCC2)c(Cl)c1. The average molecular weight is 318 g/mol. The van der Waals surface area contributed by atoms with Crippen LogP contribution < -0.4 is 4.74 Å². The molecule has 1 aliphatic heterocycles. The third-order valence-corrected chi connectivity index (χ3v) is 3.90. The first-order valence-corrected chi connectivity index (χ1v) is 7.89. The summed E-state index contributed by atoms with van der Waals surface area (Å²) in [6.45, 7) is 5.74. The van der Waals surface area contributed by atoms with Gasteiger partial charge in [-0.2, -0.15) is 0 Å². The van der Waals surface area contributed by atoms with Gasteiger partial charge in [0.05, 0.1) is 24.8 Å². The Bertz CT molecular complexity index is 409. The van der Waals surface area contributed by atoms with Crippen molar-refractivity contribution in [1.82, 2.24) is 4.90 Å². The third kappa shape index (κ3) is 5.49. The van der Waals surface area contributed by atoms with Crippen LogP contribution in [0.5, 0.6) is 5.75 Å². The molecule has 0 atom stereocenters. The van der Waals surface area contributed by atoms with Crippen LogP contribution in [0.1, 0.15) is 19.3 Å². The molecule has 5 heteroatoms. The number of unbranched alkanes of at least 4 members (excludes halogenated alkanes) is 2. The number of rotatable bonds is 7. The van der Waals surface area contributed by atoms with E-state index in [2.05, 4.69) is 4.90 Å². The summed E-state index contributed by atoms with van der Waals surface area (Å²) >= 11 is 11.9. The van der Waals surface area contributed by atoms with Gasteiger partial charge >= 0.3 is 0 Å². The van der Waals surface area contributed by atoms with Gasteiger partial charge in [-0.05, 0) is 44.0 Å². The normalized spacial score (nSPS) is 16.3. The van der Waals surface area contributed by atoms with Crippen LogP contribution in [0.3, 0.4) is 0 Å². The van der Waals surface area contributed by atoms with Crippen LogP contribution in [0.25, 0.3) is 0 Å². The van der Waals surface area contributed by atoms with E-state index >= 15 is 0 Å². The summed E-state index contributed by atoms with van der Waals surface area (Å²) in [6.07, 6.45) is 3.42. The molecule has 0 bridgehead atoms. The zero-order valence-electron chi connectivity index (χ0n) is 11.6. The molecule has 1 aromatic carbocycles. The molecule has 0 N–H and O–H groups in total. The molecule has 0 amide bonds. The summed E-state index contributed by atoms with van der Waals surface area (Å²) in [5, 5.41) is 1.21. The Morgan fingerprint density at radius 3 is 2.65 bits per heavy atom. The monoisotopic (exact) mass is 317 g/mol. The Morgan fingerprint density at radius 2 is 1.90 bits per heavy atom. The van der Waals surface area contributed by atoms with Crippen molar-refractivity contribution >= 4 is 23.2 Å². The summed E-state index contributed by atoms with van der Waals surface area (Å²) in [5.74, 6) is 0.712. The van der Waals surface area contributed by atoms with E-state index in [9.17, 15) is 0 Å². The van der Waals surface area contributed by atoms with Gasteiger partial charge in [0, 0.05) is 18.1 Å². The van der Waals surface area contributed by atoms with E-state index in [1.165, 1.54) is 12.8 Å². The van der Waals surface area contributed by atoms with E-state index < -0.39 is 0 Å². The number of benzene rings is 1. The smallest absolute Gasteiger partial charge is 0.137 e. The lowest BCUT2D eigenvalue weighted by Gasteiger charge is -2.26. The quantitative estimate of drug-likeness (QED) is 0.712. The summed E-state index contributed by atoms with van der Waals surface area (Å²) < 4.78 is 11.0. The maximum absolute atomic E-state index is 6.04. The Morgan fingerprint density at radius 1 is 1.10 bits per heavy atom. The van der Waals surface area contributed by atoms with Gasteiger partial charge in [0.1, 0.15) is 5.75 Å². The molecule has 1 fully saturated rings. The van der Waals surface area contributed by atoms with Crippen molar-refractivity contribution in [2.75, 3.05) is 39.5 Å². The maximum Gasteiger partial charge on any atom is 0.137 e. The van der Waals surface area contributed by atoms with E-state index in [4.69, 9.17) is 32.7 Å². The molecule has 3 nitrogen and oxygen atoms in total. The molecule has 0 aliphatic carbocycles. The fraction of sp³-hybridized carbons (Fsp3) is 0.600. The number of hydrogen-bond acceptors (Lipinski definition) is 3. The topological polar surface area (TPSA) is 21.7 Å². The molecule has 1 aliphatic rings. The lowest BCUT2D eigenvalue weighted by Crippen LogP contribution is -2.36. The van der Waals surface area contributed by atoms with Crippen LogP contribution in [0.4, 0.5) is 0 Å². The van der Waals surface area contributed by atoms with Gasteiger partial charge in [0.25, 0.3) is 0 Å². The van der Waals surface area contributed by atoms with E-state index in [1.807, 2.05) is 6.07 Å². The minimum absolute atomic E-state index is 0.575. The van der Waals surface area contributed by atoms with Crippen molar-refractivity contribution in [2.45, 2.75) is 19.3 Å². The van der Waals surface area contributed by atoms with Gasteiger partial charge in [-0.25, -0.2) is 0 Å². The van der Waals surface area contributed by atoms with Gasteiger partial charge < -0.3 is 9.47 Å². The Labute approximate surface area is 130 Å². The molecule has 0 unspecified atom stereocenters. The highest BCUT2D eigenvalue weighted by atomic mass is 35.5. The highest BCUT2D eigenvalue weighted by molar-refractivity contribution is 6.35. The van der Waals surface area contributed by atoms with Crippen molar-refractivity contribution in [3.05, 3.63) is 28.2 Å². The predicted molar refractivity (Wildman–Crippen MR) is 83.1 cm³/mol. The minimum Gasteiger partial charge on any atom is -0.492 e. The fourth-order valence-corrected chi connectivity index (χ4v) is 2.68. The zero-order valence-corrected chi connectivity index (χ0v) is 13.1. The number of nitrogens with zero attached hydrogens (tertiary/aromatic N) is 1. The second-order valence-corrected chi connectivity index (χ2v) is 5.78. The van der Waals surface area contributed by atoms with Crippen molar-refractivity contribution in [1.29, 1.82) is 0 Å². The van der Waals surface area contributed by atoms with Gasteiger partial charge in [-0.3, -0.25) is 4.90 Å². The van der Waals surface area contributed by atoms with Crippen LogP contribution >= 0.6 is 23.2 Å². The molecular formula is C15H21Cl2NO2. The molecule has 0 aromatic heterocycles. The van der Waals surface area contributed by atoms with E-state index in [0.29, 0.717) is 22.4 Å². The van der Waals surface area contributed by atoms with Crippen molar-refractivity contribution < 1.29 is 9.47 Å². The first-order chi connectivity index (χ1) is 9.75. The van der Waals surface area contributed by atoms with Crippen molar-refractivity contribution in [3.8, 4) is 5.75 Å². The molecule has 0 saturated carbocycles. The lowest BCUT2D eigenvalue weighted by molar-refractivity contribution is 0.0370.